The van der Waals surface area contributed by atoms with Crippen LogP contribution in [0, 0.1) is 5.92 Å². The van der Waals surface area contributed by atoms with E-state index in [0.717, 1.165) is 29.0 Å². The number of halogens is 1. The summed E-state index contributed by atoms with van der Waals surface area (Å²) in [6, 6.07) is 9.85. The molecule has 8 heteroatoms. The number of hydrogen-bond acceptors (Lipinski definition) is 4. The van der Waals surface area contributed by atoms with Crippen LogP contribution in [0.1, 0.15) is 19.4 Å². The maximum absolute atomic E-state index is 13.0. The molecular formula is C17H19ClN2O3S2. The van der Waals surface area contributed by atoms with E-state index < -0.39 is 16.1 Å². The van der Waals surface area contributed by atoms with Gasteiger partial charge in [0, 0.05) is 12.2 Å². The van der Waals surface area contributed by atoms with Gasteiger partial charge in [-0.15, -0.1) is 11.3 Å². The predicted molar refractivity (Wildman–Crippen MR) is 101 cm³/mol. The van der Waals surface area contributed by atoms with Crippen LogP contribution in [0.4, 0.5) is 5.69 Å². The summed E-state index contributed by atoms with van der Waals surface area (Å²) < 4.78 is 28.3. The molecule has 1 aromatic heterocycles. The summed E-state index contributed by atoms with van der Waals surface area (Å²) in [5.41, 5.74) is 1.96. The first kappa shape index (κ1) is 18.4. The van der Waals surface area contributed by atoms with Gasteiger partial charge in [0.15, 0.2) is 0 Å². The first-order valence-corrected chi connectivity index (χ1v) is 10.6. The maximum atomic E-state index is 13.0. The average molecular weight is 399 g/mol. The fraction of sp³-hybridized carbons (Fsp3) is 0.353. The lowest BCUT2D eigenvalue weighted by molar-refractivity contribution is -0.121. The van der Waals surface area contributed by atoms with Crippen LogP contribution >= 0.6 is 22.9 Å². The highest BCUT2D eigenvalue weighted by Crippen LogP contribution is 2.30. The fourth-order valence-corrected chi connectivity index (χ4v) is 5.71. The number of carbonyl (C=O) groups excluding carboxylic acids is 1. The molecule has 5 nitrogen and oxygen atoms in total. The van der Waals surface area contributed by atoms with Crippen molar-refractivity contribution in [2.24, 2.45) is 5.92 Å². The summed E-state index contributed by atoms with van der Waals surface area (Å²) >= 11 is 6.81. The van der Waals surface area contributed by atoms with Crippen molar-refractivity contribution < 1.29 is 13.2 Å². The van der Waals surface area contributed by atoms with E-state index in [2.05, 4.69) is 4.72 Å². The molecule has 1 N–H and O–H groups in total. The number of thiophene rings is 1. The van der Waals surface area contributed by atoms with Gasteiger partial charge >= 0.3 is 0 Å². The topological polar surface area (TPSA) is 66.5 Å². The standard InChI is InChI=1S/C17H19ClN2O3S2/c1-11(2)16(19-25(22,23)15-8-7-14(18)24-15)17(21)20-10-9-12-5-3-4-6-13(12)20/h3-8,11,16,19H,9-10H2,1-2H3/t16-/m1/s1. The molecule has 0 radical (unpaired) electrons. The molecule has 2 aromatic rings. The number of carbonyl (C=O) groups is 1. The Kier molecular flexibility index (Phi) is 5.20. The number of hydrogen-bond donors (Lipinski definition) is 1. The number of rotatable bonds is 5. The molecule has 0 fully saturated rings. The van der Waals surface area contributed by atoms with E-state index in [9.17, 15) is 13.2 Å². The summed E-state index contributed by atoms with van der Waals surface area (Å²) in [4.78, 5) is 14.7. The van der Waals surface area contributed by atoms with Gasteiger partial charge in [-0.05, 0) is 36.1 Å². The highest BCUT2D eigenvalue weighted by Gasteiger charge is 2.35. The third kappa shape index (κ3) is 3.74. The number of fused-ring (bicyclic) bond motifs is 1. The molecule has 1 aliphatic rings. The van der Waals surface area contributed by atoms with E-state index in [4.69, 9.17) is 11.6 Å². The minimum Gasteiger partial charge on any atom is -0.310 e. The molecule has 0 spiro atoms. The lowest BCUT2D eigenvalue weighted by Crippen LogP contribution is -2.50. The lowest BCUT2D eigenvalue weighted by atomic mass is 10.0. The molecule has 1 aliphatic heterocycles. The van der Waals surface area contributed by atoms with Gasteiger partial charge in [-0.3, -0.25) is 4.79 Å². The molecule has 134 valence electrons. The van der Waals surface area contributed by atoms with Crippen LogP contribution in [0.2, 0.25) is 4.34 Å². The van der Waals surface area contributed by atoms with E-state index in [1.807, 2.05) is 38.1 Å². The maximum Gasteiger partial charge on any atom is 0.250 e. The van der Waals surface area contributed by atoms with Crippen LogP contribution in [0.5, 0.6) is 0 Å². The molecule has 0 saturated heterocycles. The second-order valence-corrected chi connectivity index (χ2v) is 9.93. The second kappa shape index (κ2) is 7.07. The Morgan fingerprint density at radius 1 is 1.24 bits per heavy atom. The number of nitrogens with zero attached hydrogens (tertiary/aromatic N) is 1. The molecule has 25 heavy (non-hydrogen) atoms. The van der Waals surface area contributed by atoms with Crippen molar-refractivity contribution >= 4 is 44.6 Å². The Bertz CT molecular complexity index is 893. The Balaban J connectivity index is 1.86. The lowest BCUT2D eigenvalue weighted by Gasteiger charge is -2.27. The summed E-state index contributed by atoms with van der Waals surface area (Å²) in [5.74, 6) is -0.420. The largest absolute Gasteiger partial charge is 0.310 e. The third-order valence-electron chi connectivity index (χ3n) is 4.18. The van der Waals surface area contributed by atoms with Gasteiger partial charge in [-0.2, -0.15) is 4.72 Å². The highest BCUT2D eigenvalue weighted by molar-refractivity contribution is 7.91. The van der Waals surface area contributed by atoms with Crippen molar-refractivity contribution in [1.29, 1.82) is 0 Å². The monoisotopic (exact) mass is 398 g/mol. The fourth-order valence-electron chi connectivity index (χ4n) is 2.87. The summed E-state index contributed by atoms with van der Waals surface area (Å²) in [7, 11) is -3.80. The molecule has 1 aromatic carbocycles. The van der Waals surface area contributed by atoms with Gasteiger partial charge in [0.2, 0.25) is 5.91 Å². The number of anilines is 1. The van der Waals surface area contributed by atoms with E-state index in [0.29, 0.717) is 10.9 Å². The van der Waals surface area contributed by atoms with Gasteiger partial charge in [-0.1, -0.05) is 43.6 Å². The minimum absolute atomic E-state index is 0.109. The Morgan fingerprint density at radius 3 is 2.60 bits per heavy atom. The number of amides is 1. The Morgan fingerprint density at radius 2 is 1.96 bits per heavy atom. The molecule has 0 aliphatic carbocycles. The van der Waals surface area contributed by atoms with Crippen molar-refractivity contribution in [3.63, 3.8) is 0 Å². The van der Waals surface area contributed by atoms with E-state index in [1.165, 1.54) is 12.1 Å². The zero-order valence-corrected chi connectivity index (χ0v) is 16.3. The Hall–Kier alpha value is -1.41. The molecule has 1 amide bonds. The summed E-state index contributed by atoms with van der Waals surface area (Å²) in [6.07, 6.45) is 0.778. The van der Waals surface area contributed by atoms with Crippen LogP contribution < -0.4 is 9.62 Å². The summed E-state index contributed by atoms with van der Waals surface area (Å²) in [5, 5.41) is 0. The van der Waals surface area contributed by atoms with Gasteiger partial charge in [0.1, 0.15) is 10.3 Å². The van der Waals surface area contributed by atoms with Gasteiger partial charge in [-0.25, -0.2) is 8.42 Å². The van der Waals surface area contributed by atoms with Gasteiger partial charge in [0.25, 0.3) is 10.0 Å². The number of benzene rings is 1. The van der Waals surface area contributed by atoms with Crippen LogP contribution in [0.15, 0.2) is 40.6 Å². The van der Waals surface area contributed by atoms with Crippen LogP contribution in [0.3, 0.4) is 0 Å². The van der Waals surface area contributed by atoms with Crippen molar-refractivity contribution in [3.8, 4) is 0 Å². The molecular weight excluding hydrogens is 380 g/mol. The van der Waals surface area contributed by atoms with Crippen LogP contribution in [-0.2, 0) is 21.2 Å². The second-order valence-electron chi connectivity index (χ2n) is 6.27. The van der Waals surface area contributed by atoms with Gasteiger partial charge in [0.05, 0.1) is 4.34 Å². The minimum atomic E-state index is -3.80. The Labute approximate surface area is 156 Å². The normalized spacial score (nSPS) is 15.4. The number of sulfonamides is 1. The zero-order valence-electron chi connectivity index (χ0n) is 13.9. The first-order chi connectivity index (χ1) is 11.8. The SMILES string of the molecule is CC(C)[C@@H](NS(=O)(=O)c1ccc(Cl)s1)C(=O)N1CCc2ccccc21. The first-order valence-electron chi connectivity index (χ1n) is 7.96. The molecule has 0 saturated carbocycles. The van der Waals surface area contributed by atoms with Crippen LogP contribution in [0.25, 0.3) is 0 Å². The van der Waals surface area contributed by atoms with Crippen molar-refractivity contribution in [2.75, 3.05) is 11.4 Å². The number of nitrogens with one attached hydrogen (secondary N) is 1. The van der Waals surface area contributed by atoms with E-state index in [1.54, 1.807) is 4.90 Å². The molecule has 2 heterocycles. The van der Waals surface area contributed by atoms with Crippen molar-refractivity contribution in [1.82, 2.24) is 4.72 Å². The number of para-hydroxylation sites is 1. The van der Waals surface area contributed by atoms with Crippen LogP contribution in [-0.4, -0.2) is 26.9 Å². The van der Waals surface area contributed by atoms with Crippen molar-refractivity contribution in [3.05, 3.63) is 46.3 Å². The smallest absolute Gasteiger partial charge is 0.250 e. The highest BCUT2D eigenvalue weighted by atomic mass is 35.5. The third-order valence-corrected chi connectivity index (χ3v) is 7.35. The molecule has 0 unspecified atom stereocenters. The predicted octanol–water partition coefficient (Wildman–Crippen LogP) is 3.29. The average Bonchev–Trinajstić information content (AvgIpc) is 3.18. The zero-order chi connectivity index (χ0) is 18.2. The molecule has 1 atom stereocenters. The van der Waals surface area contributed by atoms with Gasteiger partial charge < -0.3 is 4.90 Å². The quantitative estimate of drug-likeness (QED) is 0.840. The van der Waals surface area contributed by atoms with E-state index in [-0.39, 0.29) is 16.0 Å². The van der Waals surface area contributed by atoms with E-state index >= 15 is 0 Å². The molecule has 3 rings (SSSR count). The van der Waals surface area contributed by atoms with Crippen molar-refractivity contribution in [2.45, 2.75) is 30.5 Å². The summed E-state index contributed by atoms with van der Waals surface area (Å²) in [6.45, 7) is 4.22. The molecule has 0 bridgehead atoms.